The quantitative estimate of drug-likeness (QED) is 0.866. The molecule has 7 heteroatoms. The maximum Gasteiger partial charge on any atom is 0.321 e. The highest BCUT2D eigenvalue weighted by atomic mass is 16.6. The molecule has 0 aliphatic carbocycles. The molecule has 0 bridgehead atoms. The minimum Gasteiger partial charge on any atom is -0.486 e. The molecule has 0 fully saturated rings. The first-order valence-corrected chi connectivity index (χ1v) is 8.37. The van der Waals surface area contributed by atoms with Crippen molar-refractivity contribution in [2.24, 2.45) is 0 Å². The van der Waals surface area contributed by atoms with Crippen molar-refractivity contribution in [2.75, 3.05) is 20.2 Å². The van der Waals surface area contributed by atoms with Gasteiger partial charge in [-0.1, -0.05) is 12.1 Å². The van der Waals surface area contributed by atoms with Crippen molar-refractivity contribution >= 4 is 11.9 Å². The van der Waals surface area contributed by atoms with Gasteiger partial charge in [-0.25, -0.2) is 4.79 Å². The van der Waals surface area contributed by atoms with Gasteiger partial charge >= 0.3 is 6.03 Å². The summed E-state index contributed by atoms with van der Waals surface area (Å²) in [6.07, 6.45) is -0.182. The fourth-order valence-corrected chi connectivity index (χ4v) is 2.42. The Labute approximate surface area is 148 Å². The summed E-state index contributed by atoms with van der Waals surface area (Å²) in [7, 11) is 1.82. The molecule has 138 valence electrons. The summed E-state index contributed by atoms with van der Waals surface area (Å²) in [6.45, 7) is 8.22. The van der Waals surface area contributed by atoms with Crippen LogP contribution in [0.5, 0.6) is 11.5 Å². The van der Waals surface area contributed by atoms with Crippen LogP contribution in [0.3, 0.4) is 0 Å². The zero-order chi connectivity index (χ0) is 18.6. The molecular weight excluding hydrogens is 322 g/mol. The van der Waals surface area contributed by atoms with E-state index in [4.69, 9.17) is 9.47 Å². The first kappa shape index (κ1) is 19.1. The van der Waals surface area contributed by atoms with Gasteiger partial charge in [0.1, 0.15) is 12.7 Å². The van der Waals surface area contributed by atoms with Gasteiger partial charge in [-0.3, -0.25) is 15.0 Å². The first-order valence-electron chi connectivity index (χ1n) is 8.37. The monoisotopic (exact) mass is 349 g/mol. The fourth-order valence-electron chi connectivity index (χ4n) is 2.42. The summed E-state index contributed by atoms with van der Waals surface area (Å²) in [5.41, 5.74) is -0.403. The van der Waals surface area contributed by atoms with E-state index in [9.17, 15) is 9.59 Å². The molecule has 1 heterocycles. The third-order valence-electron chi connectivity index (χ3n) is 3.83. The lowest BCUT2D eigenvalue weighted by atomic mass is 10.1. The van der Waals surface area contributed by atoms with E-state index in [0.29, 0.717) is 18.9 Å². The highest BCUT2D eigenvalue weighted by Gasteiger charge is 2.27. The number of nitrogens with one attached hydrogen (secondary N) is 2. The lowest BCUT2D eigenvalue weighted by molar-refractivity contribution is -0.124. The number of carbonyl (C=O) groups excluding carboxylic acids is 2. The molecule has 1 aromatic rings. The second kappa shape index (κ2) is 7.74. The Morgan fingerprint density at radius 2 is 1.92 bits per heavy atom. The zero-order valence-electron chi connectivity index (χ0n) is 15.5. The molecule has 7 nitrogen and oxygen atoms in total. The third-order valence-corrected chi connectivity index (χ3v) is 3.83. The Morgan fingerprint density at radius 3 is 2.56 bits per heavy atom. The van der Waals surface area contributed by atoms with E-state index in [1.165, 1.54) is 0 Å². The smallest absolute Gasteiger partial charge is 0.321 e. The molecule has 2 N–H and O–H groups in total. The molecule has 0 radical (unpaired) electrons. The van der Waals surface area contributed by atoms with Gasteiger partial charge in [-0.05, 0) is 46.9 Å². The molecule has 25 heavy (non-hydrogen) atoms. The highest BCUT2D eigenvalue weighted by molar-refractivity contribution is 5.97. The summed E-state index contributed by atoms with van der Waals surface area (Å²) in [5, 5.41) is 5.07. The fraction of sp³-hybridized carbons (Fsp3) is 0.556. The van der Waals surface area contributed by atoms with Crippen molar-refractivity contribution in [3.8, 4) is 11.5 Å². The van der Waals surface area contributed by atoms with Crippen molar-refractivity contribution in [1.29, 1.82) is 0 Å². The highest BCUT2D eigenvalue weighted by Crippen LogP contribution is 2.31. The summed E-state index contributed by atoms with van der Waals surface area (Å²) >= 11 is 0. The van der Waals surface area contributed by atoms with Gasteiger partial charge in [0.15, 0.2) is 11.5 Å². The average Bonchev–Trinajstić information content (AvgIpc) is 2.52. The van der Waals surface area contributed by atoms with E-state index in [1.54, 1.807) is 6.92 Å². The Hall–Kier alpha value is -2.28. The van der Waals surface area contributed by atoms with Crippen LogP contribution < -0.4 is 20.1 Å². The van der Waals surface area contributed by atoms with Crippen LogP contribution in [0.25, 0.3) is 0 Å². The van der Waals surface area contributed by atoms with Gasteiger partial charge in [0, 0.05) is 12.1 Å². The van der Waals surface area contributed by atoms with Crippen molar-refractivity contribution < 1.29 is 19.1 Å². The summed E-state index contributed by atoms with van der Waals surface area (Å²) in [5.74, 6) is 1.07. The summed E-state index contributed by atoms with van der Waals surface area (Å²) < 4.78 is 11.6. The van der Waals surface area contributed by atoms with Crippen LogP contribution >= 0.6 is 0 Å². The Balaban J connectivity index is 1.85. The normalized spacial score (nSPS) is 17.8. The molecule has 3 amide bonds. The molecule has 2 rings (SSSR count). The second-order valence-electron chi connectivity index (χ2n) is 7.31. The molecule has 1 aromatic carbocycles. The molecule has 1 aliphatic heterocycles. The Bertz CT molecular complexity index is 627. The lowest BCUT2D eigenvalue weighted by Gasteiger charge is -2.31. The van der Waals surface area contributed by atoms with E-state index in [-0.39, 0.29) is 12.0 Å². The predicted molar refractivity (Wildman–Crippen MR) is 94.9 cm³/mol. The number of para-hydroxylation sites is 2. The number of amides is 3. The number of imide groups is 1. The molecule has 0 aromatic heterocycles. The van der Waals surface area contributed by atoms with Gasteiger partial charge < -0.3 is 14.8 Å². The van der Waals surface area contributed by atoms with Gasteiger partial charge in [-0.2, -0.15) is 0 Å². The number of ether oxygens (including phenoxy) is 2. The van der Waals surface area contributed by atoms with Gasteiger partial charge in [-0.15, -0.1) is 0 Å². The lowest BCUT2D eigenvalue weighted by Crippen LogP contribution is -2.54. The topological polar surface area (TPSA) is 79.9 Å². The molecule has 0 spiro atoms. The number of benzene rings is 1. The van der Waals surface area contributed by atoms with Crippen LogP contribution in [0, 0.1) is 0 Å². The maximum atomic E-state index is 12.2. The van der Waals surface area contributed by atoms with Crippen molar-refractivity contribution in [3.63, 3.8) is 0 Å². The van der Waals surface area contributed by atoms with Crippen molar-refractivity contribution in [1.82, 2.24) is 15.5 Å². The van der Waals surface area contributed by atoms with Gasteiger partial charge in [0.2, 0.25) is 5.91 Å². The van der Waals surface area contributed by atoms with Gasteiger partial charge in [0.05, 0.1) is 6.04 Å². The number of rotatable bonds is 4. The van der Waals surface area contributed by atoms with Gasteiger partial charge in [0.25, 0.3) is 0 Å². The van der Waals surface area contributed by atoms with Crippen LogP contribution in [0.15, 0.2) is 24.3 Å². The summed E-state index contributed by atoms with van der Waals surface area (Å²) in [6, 6.07) is 6.52. The molecule has 0 saturated heterocycles. The Kier molecular flexibility index (Phi) is 5.89. The molecule has 2 atom stereocenters. The van der Waals surface area contributed by atoms with Crippen LogP contribution in [0.4, 0.5) is 4.79 Å². The van der Waals surface area contributed by atoms with Crippen LogP contribution in [0.2, 0.25) is 0 Å². The molecule has 1 aliphatic rings. The van der Waals surface area contributed by atoms with E-state index in [2.05, 4.69) is 10.6 Å². The minimum absolute atomic E-state index is 0.182. The maximum absolute atomic E-state index is 12.2. The second-order valence-corrected chi connectivity index (χ2v) is 7.31. The standard InChI is InChI=1S/C18H27N3O4/c1-12(16(22)19-17(23)20-18(2,3)4)21(5)10-13-11-24-14-8-6-7-9-15(14)25-13/h6-9,12-13H,10-11H2,1-5H3,(H2,19,20,22,23)/t12-,13+/m0/s1. The minimum atomic E-state index is -0.496. The number of nitrogens with zero attached hydrogens (tertiary/aromatic N) is 1. The van der Waals surface area contributed by atoms with Crippen molar-refractivity contribution in [2.45, 2.75) is 45.4 Å². The van der Waals surface area contributed by atoms with Crippen LogP contribution in [0.1, 0.15) is 27.7 Å². The number of fused-ring (bicyclic) bond motifs is 1. The third kappa shape index (κ3) is 5.63. The van der Waals surface area contributed by atoms with Crippen molar-refractivity contribution in [3.05, 3.63) is 24.3 Å². The van der Waals surface area contributed by atoms with Crippen LogP contribution in [-0.2, 0) is 4.79 Å². The molecule has 0 saturated carbocycles. The summed E-state index contributed by atoms with van der Waals surface area (Å²) in [4.78, 5) is 25.9. The number of likely N-dealkylation sites (N-methyl/N-ethyl adjacent to an activating group) is 1. The number of urea groups is 1. The van der Waals surface area contributed by atoms with E-state index < -0.39 is 17.6 Å². The number of hydrogen-bond donors (Lipinski definition) is 2. The van der Waals surface area contributed by atoms with E-state index in [0.717, 1.165) is 5.75 Å². The molecular formula is C18H27N3O4. The largest absolute Gasteiger partial charge is 0.486 e. The van der Waals surface area contributed by atoms with E-state index in [1.807, 2.05) is 57.0 Å². The zero-order valence-corrected chi connectivity index (χ0v) is 15.5. The SMILES string of the molecule is C[C@@H](C(=O)NC(=O)NC(C)(C)C)N(C)C[C@@H]1COc2ccccc2O1. The number of hydrogen-bond acceptors (Lipinski definition) is 5. The Morgan fingerprint density at radius 1 is 1.28 bits per heavy atom. The predicted octanol–water partition coefficient (Wildman–Crippen LogP) is 1.77. The van der Waals surface area contributed by atoms with Crippen LogP contribution in [-0.4, -0.2) is 54.7 Å². The number of carbonyl (C=O) groups is 2. The first-order chi connectivity index (χ1) is 11.7. The average molecular weight is 349 g/mol. The van der Waals surface area contributed by atoms with E-state index >= 15 is 0 Å². The molecule has 0 unspecified atom stereocenters.